The first-order valence-corrected chi connectivity index (χ1v) is 6.56. The summed E-state index contributed by atoms with van der Waals surface area (Å²) >= 11 is 0. The predicted molar refractivity (Wildman–Crippen MR) is 72.0 cm³/mol. The number of alkyl halides is 3. The quantitative estimate of drug-likeness (QED) is 0.901. The lowest BCUT2D eigenvalue weighted by molar-refractivity contribution is -0.138. The summed E-state index contributed by atoms with van der Waals surface area (Å²) in [6.07, 6.45) is -3.98. The summed E-state index contributed by atoms with van der Waals surface area (Å²) in [5.74, 6) is -0.355. The number of rotatable bonds is 3. The van der Waals surface area contributed by atoms with Gasteiger partial charge in [0.05, 0.1) is 17.7 Å². The van der Waals surface area contributed by atoms with Gasteiger partial charge in [-0.15, -0.1) is 0 Å². The molecule has 1 aromatic carbocycles. The van der Waals surface area contributed by atoms with Crippen molar-refractivity contribution in [3.8, 4) is 0 Å². The molecule has 1 fully saturated rings. The summed E-state index contributed by atoms with van der Waals surface area (Å²) in [6, 6.07) is 3.31. The van der Waals surface area contributed by atoms with Crippen LogP contribution >= 0.6 is 0 Å². The van der Waals surface area contributed by atoms with Crippen molar-refractivity contribution in [2.75, 3.05) is 19.0 Å². The minimum atomic E-state index is -4.43. The molecule has 4 nitrogen and oxygen atoms in total. The standard InChI is InChI=1S/C14H17F3N2O2/c1-8-3-4-9(5-11(8)14(15,16)17)19-13(20)12-6-10(21-2)7-18-12/h3-5,10,12,18H,6-7H2,1-2H3,(H,19,20). The van der Waals surface area contributed by atoms with Crippen molar-refractivity contribution in [2.24, 2.45) is 0 Å². The molecule has 0 radical (unpaired) electrons. The molecule has 2 N–H and O–H groups in total. The summed E-state index contributed by atoms with van der Waals surface area (Å²) in [4.78, 5) is 12.0. The number of halogens is 3. The molecular formula is C14H17F3N2O2. The van der Waals surface area contributed by atoms with Gasteiger partial charge in [-0.25, -0.2) is 0 Å². The molecule has 0 aliphatic carbocycles. The molecule has 1 aliphatic heterocycles. The van der Waals surface area contributed by atoms with E-state index in [0.29, 0.717) is 13.0 Å². The van der Waals surface area contributed by atoms with E-state index >= 15 is 0 Å². The Morgan fingerprint density at radius 1 is 1.43 bits per heavy atom. The zero-order valence-corrected chi connectivity index (χ0v) is 11.8. The number of hydrogen-bond donors (Lipinski definition) is 2. The first-order chi connectivity index (χ1) is 9.81. The highest BCUT2D eigenvalue weighted by molar-refractivity contribution is 5.95. The average Bonchev–Trinajstić information content (AvgIpc) is 2.88. The lowest BCUT2D eigenvalue weighted by Gasteiger charge is -2.15. The maximum Gasteiger partial charge on any atom is 0.416 e. The molecular weight excluding hydrogens is 285 g/mol. The van der Waals surface area contributed by atoms with E-state index < -0.39 is 17.8 Å². The van der Waals surface area contributed by atoms with Gasteiger partial charge in [-0.3, -0.25) is 4.79 Å². The van der Waals surface area contributed by atoms with E-state index in [0.717, 1.165) is 6.07 Å². The predicted octanol–water partition coefficient (Wildman–Crippen LogP) is 2.33. The number of ether oxygens (including phenoxy) is 1. The number of benzene rings is 1. The normalized spacial score (nSPS) is 22.3. The van der Waals surface area contributed by atoms with Gasteiger partial charge in [0.1, 0.15) is 0 Å². The van der Waals surface area contributed by atoms with Crippen LogP contribution < -0.4 is 10.6 Å². The molecule has 1 amide bonds. The number of methoxy groups -OCH3 is 1. The van der Waals surface area contributed by atoms with E-state index in [1.54, 1.807) is 7.11 Å². The Morgan fingerprint density at radius 2 is 2.14 bits per heavy atom. The fourth-order valence-corrected chi connectivity index (χ4v) is 2.32. The maximum atomic E-state index is 12.8. The van der Waals surface area contributed by atoms with Gasteiger partial charge >= 0.3 is 6.18 Å². The summed E-state index contributed by atoms with van der Waals surface area (Å²) in [5.41, 5.74) is -0.478. The van der Waals surface area contributed by atoms with Crippen LogP contribution in [0.4, 0.5) is 18.9 Å². The van der Waals surface area contributed by atoms with Crippen LogP contribution in [0.15, 0.2) is 18.2 Å². The highest BCUT2D eigenvalue weighted by Crippen LogP contribution is 2.33. The van der Waals surface area contributed by atoms with Crippen molar-refractivity contribution in [3.05, 3.63) is 29.3 Å². The molecule has 2 unspecified atom stereocenters. The maximum absolute atomic E-state index is 12.8. The van der Waals surface area contributed by atoms with Crippen LogP contribution in [0.3, 0.4) is 0 Å². The molecule has 0 aromatic heterocycles. The number of amides is 1. The second-order valence-electron chi connectivity index (χ2n) is 5.07. The zero-order chi connectivity index (χ0) is 15.6. The Bertz CT molecular complexity index is 531. The van der Waals surface area contributed by atoms with Crippen molar-refractivity contribution in [2.45, 2.75) is 31.7 Å². The summed E-state index contributed by atoms with van der Waals surface area (Å²) in [6.45, 7) is 1.94. The third kappa shape index (κ3) is 3.74. The Kier molecular flexibility index (Phi) is 4.53. The lowest BCUT2D eigenvalue weighted by Crippen LogP contribution is -2.35. The van der Waals surface area contributed by atoms with Crippen LogP contribution in [-0.4, -0.2) is 31.7 Å². The molecule has 1 aromatic rings. The molecule has 0 saturated carbocycles. The van der Waals surface area contributed by atoms with E-state index in [-0.39, 0.29) is 23.3 Å². The minimum absolute atomic E-state index is 0.0514. The van der Waals surface area contributed by atoms with Crippen molar-refractivity contribution in [1.29, 1.82) is 0 Å². The van der Waals surface area contributed by atoms with Crippen molar-refractivity contribution in [1.82, 2.24) is 5.32 Å². The van der Waals surface area contributed by atoms with Gasteiger partial charge in [0, 0.05) is 19.3 Å². The first kappa shape index (κ1) is 15.8. The number of hydrogen-bond acceptors (Lipinski definition) is 3. The van der Waals surface area contributed by atoms with Crippen LogP contribution in [0.1, 0.15) is 17.5 Å². The van der Waals surface area contributed by atoms with E-state index in [9.17, 15) is 18.0 Å². The fraction of sp³-hybridized carbons (Fsp3) is 0.500. The largest absolute Gasteiger partial charge is 0.416 e. The third-order valence-corrected chi connectivity index (χ3v) is 3.55. The van der Waals surface area contributed by atoms with Gasteiger partial charge in [-0.2, -0.15) is 13.2 Å². The van der Waals surface area contributed by atoms with Gasteiger partial charge in [0.2, 0.25) is 5.91 Å². The summed E-state index contributed by atoms with van der Waals surface area (Å²) in [5, 5.41) is 5.49. The van der Waals surface area contributed by atoms with Crippen LogP contribution in [0, 0.1) is 6.92 Å². The Balaban J connectivity index is 2.08. The Labute approximate surface area is 120 Å². The van der Waals surface area contributed by atoms with Crippen molar-refractivity contribution in [3.63, 3.8) is 0 Å². The smallest absolute Gasteiger partial charge is 0.380 e. The molecule has 2 atom stereocenters. The zero-order valence-electron chi connectivity index (χ0n) is 11.8. The fourth-order valence-electron chi connectivity index (χ4n) is 2.32. The molecule has 21 heavy (non-hydrogen) atoms. The highest BCUT2D eigenvalue weighted by Gasteiger charge is 2.33. The SMILES string of the molecule is COC1CNC(C(=O)Nc2ccc(C)c(C(F)(F)F)c2)C1. The second-order valence-corrected chi connectivity index (χ2v) is 5.07. The average molecular weight is 302 g/mol. The van der Waals surface area contributed by atoms with Crippen LogP contribution in [-0.2, 0) is 15.7 Å². The molecule has 0 spiro atoms. The number of nitrogens with one attached hydrogen (secondary N) is 2. The van der Waals surface area contributed by atoms with Crippen molar-refractivity contribution < 1.29 is 22.7 Å². The van der Waals surface area contributed by atoms with Crippen molar-refractivity contribution >= 4 is 11.6 Å². The Morgan fingerprint density at radius 3 is 2.71 bits per heavy atom. The van der Waals surface area contributed by atoms with E-state index in [4.69, 9.17) is 4.74 Å². The number of carbonyl (C=O) groups is 1. The molecule has 1 aliphatic rings. The molecule has 2 rings (SSSR count). The molecule has 0 bridgehead atoms. The lowest BCUT2D eigenvalue weighted by atomic mass is 10.1. The van der Waals surface area contributed by atoms with Gasteiger partial charge < -0.3 is 15.4 Å². The molecule has 7 heteroatoms. The summed E-state index contributed by atoms with van der Waals surface area (Å²) in [7, 11) is 1.56. The van der Waals surface area contributed by atoms with E-state index in [1.807, 2.05) is 0 Å². The molecule has 116 valence electrons. The topological polar surface area (TPSA) is 50.4 Å². The van der Waals surface area contributed by atoms with Gasteiger partial charge in [-0.05, 0) is 31.0 Å². The van der Waals surface area contributed by atoms with Crippen LogP contribution in [0.25, 0.3) is 0 Å². The number of aryl methyl sites for hydroxylation is 1. The highest BCUT2D eigenvalue weighted by atomic mass is 19.4. The first-order valence-electron chi connectivity index (χ1n) is 6.56. The molecule has 1 heterocycles. The monoisotopic (exact) mass is 302 g/mol. The minimum Gasteiger partial charge on any atom is -0.380 e. The Hall–Kier alpha value is -1.60. The van der Waals surface area contributed by atoms with Gasteiger partial charge in [-0.1, -0.05) is 6.07 Å². The number of carbonyl (C=O) groups excluding carboxylic acids is 1. The third-order valence-electron chi connectivity index (χ3n) is 3.55. The number of anilines is 1. The van der Waals surface area contributed by atoms with Gasteiger partial charge in [0.15, 0.2) is 0 Å². The second kappa shape index (κ2) is 6.03. The van der Waals surface area contributed by atoms with Crippen LogP contribution in [0.2, 0.25) is 0 Å². The van der Waals surface area contributed by atoms with Crippen LogP contribution in [0.5, 0.6) is 0 Å². The van der Waals surface area contributed by atoms with E-state index in [2.05, 4.69) is 10.6 Å². The van der Waals surface area contributed by atoms with Gasteiger partial charge in [0.25, 0.3) is 0 Å². The molecule has 1 saturated heterocycles. The summed E-state index contributed by atoms with van der Waals surface area (Å²) < 4.78 is 43.6. The van der Waals surface area contributed by atoms with E-state index in [1.165, 1.54) is 19.1 Å².